The van der Waals surface area contributed by atoms with Crippen LogP contribution in [0.5, 0.6) is 5.75 Å². The van der Waals surface area contributed by atoms with Crippen molar-refractivity contribution in [3.63, 3.8) is 0 Å². The number of ether oxygens (including phenoxy) is 1. The zero-order valence-corrected chi connectivity index (χ0v) is 15.0. The number of para-hydroxylation sites is 1. The highest BCUT2D eigenvalue weighted by Crippen LogP contribution is 2.25. The molecule has 7 heteroatoms. The standard InChI is InChI=1S/C21H15N5O2/c1-28-15-8-9-18-16(10-15)19-20(25-18)21(27)26(12-22-19)23-11-14-7-6-13-4-2-3-5-17(13)24-14/h2-12,25H,1H3. The van der Waals surface area contributed by atoms with Gasteiger partial charge in [0.15, 0.2) is 0 Å². The second-order valence-electron chi connectivity index (χ2n) is 6.33. The molecule has 3 aromatic heterocycles. The van der Waals surface area contributed by atoms with E-state index < -0.39 is 0 Å². The quantitative estimate of drug-likeness (QED) is 0.495. The van der Waals surface area contributed by atoms with Crippen LogP contribution in [0.3, 0.4) is 0 Å². The van der Waals surface area contributed by atoms with Crippen molar-refractivity contribution in [3.8, 4) is 5.75 Å². The Morgan fingerprint density at radius 3 is 2.93 bits per heavy atom. The van der Waals surface area contributed by atoms with Gasteiger partial charge in [-0.25, -0.2) is 9.97 Å². The number of aromatic amines is 1. The highest BCUT2D eigenvalue weighted by Gasteiger charge is 2.11. The summed E-state index contributed by atoms with van der Waals surface area (Å²) in [7, 11) is 1.60. The molecule has 136 valence electrons. The number of methoxy groups -OCH3 is 1. The van der Waals surface area contributed by atoms with Crippen molar-refractivity contribution in [3.05, 3.63) is 77.0 Å². The van der Waals surface area contributed by atoms with Gasteiger partial charge in [-0.15, -0.1) is 0 Å². The van der Waals surface area contributed by atoms with E-state index in [2.05, 4.69) is 20.1 Å². The second kappa shape index (κ2) is 6.31. The number of pyridine rings is 1. The van der Waals surface area contributed by atoms with Gasteiger partial charge in [-0.1, -0.05) is 24.3 Å². The molecule has 0 aliphatic heterocycles. The molecule has 1 N–H and O–H groups in total. The van der Waals surface area contributed by atoms with Crippen LogP contribution >= 0.6 is 0 Å². The van der Waals surface area contributed by atoms with Crippen LogP contribution in [-0.2, 0) is 0 Å². The van der Waals surface area contributed by atoms with Gasteiger partial charge in [-0.2, -0.15) is 9.78 Å². The van der Waals surface area contributed by atoms with E-state index in [0.29, 0.717) is 22.5 Å². The highest BCUT2D eigenvalue weighted by molar-refractivity contribution is 6.04. The van der Waals surface area contributed by atoms with Gasteiger partial charge in [0, 0.05) is 16.3 Å². The maximum atomic E-state index is 12.8. The molecule has 0 saturated heterocycles. The number of H-pyrrole nitrogens is 1. The van der Waals surface area contributed by atoms with Crippen molar-refractivity contribution in [2.24, 2.45) is 5.10 Å². The Kier molecular flexibility index (Phi) is 3.65. The minimum absolute atomic E-state index is 0.280. The van der Waals surface area contributed by atoms with E-state index in [4.69, 9.17) is 4.74 Å². The van der Waals surface area contributed by atoms with E-state index in [0.717, 1.165) is 21.8 Å². The van der Waals surface area contributed by atoms with E-state index in [1.807, 2.05) is 54.6 Å². The monoisotopic (exact) mass is 369 g/mol. The summed E-state index contributed by atoms with van der Waals surface area (Å²) in [5.74, 6) is 0.708. The fourth-order valence-corrected chi connectivity index (χ4v) is 3.21. The molecule has 0 amide bonds. The lowest BCUT2D eigenvalue weighted by atomic mass is 10.2. The predicted octanol–water partition coefficient (Wildman–Crippen LogP) is 3.32. The van der Waals surface area contributed by atoms with Gasteiger partial charge < -0.3 is 9.72 Å². The van der Waals surface area contributed by atoms with Gasteiger partial charge >= 0.3 is 0 Å². The van der Waals surface area contributed by atoms with Crippen molar-refractivity contribution < 1.29 is 4.74 Å². The first kappa shape index (κ1) is 16.2. The molecule has 28 heavy (non-hydrogen) atoms. The van der Waals surface area contributed by atoms with Crippen LogP contribution in [0.2, 0.25) is 0 Å². The van der Waals surface area contributed by atoms with Gasteiger partial charge in [-0.3, -0.25) is 4.79 Å². The lowest BCUT2D eigenvalue weighted by Crippen LogP contribution is -2.17. The van der Waals surface area contributed by atoms with Crippen LogP contribution in [0.1, 0.15) is 5.69 Å². The van der Waals surface area contributed by atoms with E-state index in [1.54, 1.807) is 13.3 Å². The third-order valence-electron chi connectivity index (χ3n) is 4.63. The SMILES string of the molecule is COc1ccc2[nH]c3c(=O)n(N=Cc4ccc5ccccc5n4)cnc3c2c1. The average Bonchev–Trinajstić information content (AvgIpc) is 3.12. The fourth-order valence-electron chi connectivity index (χ4n) is 3.21. The van der Waals surface area contributed by atoms with Gasteiger partial charge in [0.2, 0.25) is 0 Å². The smallest absolute Gasteiger partial charge is 0.298 e. The number of hydrogen-bond acceptors (Lipinski definition) is 5. The normalized spacial score (nSPS) is 11.8. The number of benzene rings is 2. The summed E-state index contributed by atoms with van der Waals surface area (Å²) in [6.45, 7) is 0. The number of nitrogens with one attached hydrogen (secondary N) is 1. The van der Waals surface area contributed by atoms with Crippen LogP contribution in [0.15, 0.2) is 70.8 Å². The van der Waals surface area contributed by atoms with Crippen molar-refractivity contribution in [1.82, 2.24) is 19.6 Å². The first-order chi connectivity index (χ1) is 13.7. The lowest BCUT2D eigenvalue weighted by Gasteiger charge is -2.00. The van der Waals surface area contributed by atoms with Crippen molar-refractivity contribution in [2.75, 3.05) is 7.11 Å². The molecule has 2 aromatic carbocycles. The van der Waals surface area contributed by atoms with Crippen LogP contribution in [0.4, 0.5) is 0 Å². The molecule has 0 spiro atoms. The molecule has 0 unspecified atom stereocenters. The first-order valence-corrected chi connectivity index (χ1v) is 8.70. The summed E-state index contributed by atoms with van der Waals surface area (Å²) in [5.41, 5.74) is 3.06. The Morgan fingerprint density at radius 1 is 1.14 bits per heavy atom. The Balaban J connectivity index is 1.58. The summed E-state index contributed by atoms with van der Waals surface area (Å²) in [5, 5.41) is 6.13. The number of hydrogen-bond donors (Lipinski definition) is 1. The Labute approximate surface area is 158 Å². The minimum atomic E-state index is -0.280. The van der Waals surface area contributed by atoms with Crippen molar-refractivity contribution >= 4 is 39.1 Å². The molecule has 0 fully saturated rings. The second-order valence-corrected chi connectivity index (χ2v) is 6.33. The summed E-state index contributed by atoms with van der Waals surface area (Å²) in [6.07, 6.45) is 2.96. The molecular formula is C21H15N5O2. The zero-order valence-electron chi connectivity index (χ0n) is 15.0. The number of rotatable bonds is 3. The van der Waals surface area contributed by atoms with Crippen molar-refractivity contribution in [1.29, 1.82) is 0 Å². The Hall–Kier alpha value is -4.00. The van der Waals surface area contributed by atoms with Crippen LogP contribution in [0, 0.1) is 0 Å². The molecule has 5 aromatic rings. The predicted molar refractivity (Wildman–Crippen MR) is 109 cm³/mol. The van der Waals surface area contributed by atoms with Crippen LogP contribution < -0.4 is 10.3 Å². The Morgan fingerprint density at radius 2 is 2.04 bits per heavy atom. The third kappa shape index (κ3) is 2.61. The van der Waals surface area contributed by atoms with E-state index in [9.17, 15) is 4.79 Å². The average molecular weight is 369 g/mol. The maximum absolute atomic E-state index is 12.8. The minimum Gasteiger partial charge on any atom is -0.497 e. The first-order valence-electron chi connectivity index (χ1n) is 8.70. The van der Waals surface area contributed by atoms with E-state index in [1.165, 1.54) is 11.0 Å². The molecule has 0 aliphatic carbocycles. The number of nitrogens with zero attached hydrogens (tertiary/aromatic N) is 4. The molecular weight excluding hydrogens is 354 g/mol. The van der Waals surface area contributed by atoms with Crippen molar-refractivity contribution in [2.45, 2.75) is 0 Å². The van der Waals surface area contributed by atoms with Crippen LogP contribution in [0.25, 0.3) is 32.8 Å². The molecule has 0 aliphatic rings. The molecule has 3 heterocycles. The maximum Gasteiger partial charge on any atom is 0.298 e. The lowest BCUT2D eigenvalue weighted by molar-refractivity contribution is 0.415. The summed E-state index contributed by atoms with van der Waals surface area (Å²) < 4.78 is 6.46. The molecule has 0 atom stereocenters. The summed E-state index contributed by atoms with van der Waals surface area (Å²) >= 11 is 0. The van der Waals surface area contributed by atoms with Crippen LogP contribution in [-0.4, -0.2) is 33.0 Å². The summed E-state index contributed by atoms with van der Waals surface area (Å²) in [6, 6.07) is 17.2. The van der Waals surface area contributed by atoms with Gasteiger partial charge in [0.1, 0.15) is 23.1 Å². The number of fused-ring (bicyclic) bond motifs is 4. The molecule has 7 nitrogen and oxygen atoms in total. The number of aromatic nitrogens is 4. The van der Waals surface area contributed by atoms with Gasteiger partial charge in [0.25, 0.3) is 5.56 Å². The molecule has 0 radical (unpaired) electrons. The zero-order chi connectivity index (χ0) is 19.1. The molecule has 0 bridgehead atoms. The van der Waals surface area contributed by atoms with E-state index >= 15 is 0 Å². The third-order valence-corrected chi connectivity index (χ3v) is 4.63. The van der Waals surface area contributed by atoms with E-state index in [-0.39, 0.29) is 5.56 Å². The largest absolute Gasteiger partial charge is 0.497 e. The topological polar surface area (TPSA) is 85.2 Å². The molecule has 5 rings (SSSR count). The summed E-state index contributed by atoms with van der Waals surface area (Å²) in [4.78, 5) is 24.9. The highest BCUT2D eigenvalue weighted by atomic mass is 16.5. The fraction of sp³-hybridized carbons (Fsp3) is 0.0476. The van der Waals surface area contributed by atoms with Gasteiger partial charge in [-0.05, 0) is 30.3 Å². The molecule has 0 saturated carbocycles. The van der Waals surface area contributed by atoms with Gasteiger partial charge in [0.05, 0.1) is 24.5 Å². The Bertz CT molecular complexity index is 1430.